The van der Waals surface area contributed by atoms with Gasteiger partial charge in [0, 0.05) is 5.92 Å². The standard InChI is InChI=1S/C15H16N2S/c1-10-7-11(9-16)8-13-14(10)17-15(18-13)12-5-3-2-4-6-12/h7-8,12H,2-6H2,1H3. The van der Waals surface area contributed by atoms with Crippen LogP contribution in [0.15, 0.2) is 12.1 Å². The fourth-order valence-corrected chi connectivity index (χ4v) is 4.06. The van der Waals surface area contributed by atoms with Gasteiger partial charge in [0.2, 0.25) is 0 Å². The maximum Gasteiger partial charge on any atom is 0.0992 e. The molecule has 1 aliphatic rings. The van der Waals surface area contributed by atoms with Crippen molar-refractivity contribution >= 4 is 21.6 Å². The molecule has 0 spiro atoms. The molecule has 3 heteroatoms. The van der Waals surface area contributed by atoms with Crippen molar-refractivity contribution in [3.8, 4) is 6.07 Å². The predicted octanol–water partition coefficient (Wildman–Crippen LogP) is 4.52. The summed E-state index contributed by atoms with van der Waals surface area (Å²) in [5.74, 6) is 0.654. The lowest BCUT2D eigenvalue weighted by atomic mass is 9.90. The summed E-state index contributed by atoms with van der Waals surface area (Å²) >= 11 is 1.79. The molecule has 2 nitrogen and oxygen atoms in total. The number of hydrogen-bond donors (Lipinski definition) is 0. The Kier molecular flexibility index (Phi) is 3.05. The van der Waals surface area contributed by atoms with Crippen LogP contribution in [0, 0.1) is 18.3 Å². The van der Waals surface area contributed by atoms with Gasteiger partial charge in [-0.1, -0.05) is 19.3 Å². The van der Waals surface area contributed by atoms with Gasteiger partial charge in [-0.25, -0.2) is 4.98 Å². The SMILES string of the molecule is Cc1cc(C#N)cc2sc(C3CCCCC3)nc12. The van der Waals surface area contributed by atoms with Gasteiger partial charge in [-0.2, -0.15) is 5.26 Å². The number of benzene rings is 1. The first-order chi connectivity index (χ1) is 8.78. The lowest BCUT2D eigenvalue weighted by Gasteiger charge is -2.18. The smallest absolute Gasteiger partial charge is 0.0992 e. The second-order valence-electron chi connectivity index (χ2n) is 5.14. The van der Waals surface area contributed by atoms with Crippen LogP contribution >= 0.6 is 11.3 Å². The van der Waals surface area contributed by atoms with Crippen LogP contribution in [0.2, 0.25) is 0 Å². The average Bonchev–Trinajstić information content (AvgIpc) is 2.84. The molecule has 1 heterocycles. The van der Waals surface area contributed by atoms with Crippen LogP contribution in [0.25, 0.3) is 10.2 Å². The van der Waals surface area contributed by atoms with Crippen LogP contribution in [0.3, 0.4) is 0 Å². The molecule has 1 aliphatic carbocycles. The highest BCUT2D eigenvalue weighted by atomic mass is 32.1. The summed E-state index contributed by atoms with van der Waals surface area (Å²) in [7, 11) is 0. The zero-order valence-electron chi connectivity index (χ0n) is 10.6. The number of nitriles is 1. The van der Waals surface area contributed by atoms with E-state index in [4.69, 9.17) is 10.2 Å². The first kappa shape index (κ1) is 11.7. The number of fused-ring (bicyclic) bond motifs is 1. The van der Waals surface area contributed by atoms with E-state index in [9.17, 15) is 0 Å². The van der Waals surface area contributed by atoms with Crippen molar-refractivity contribution in [1.82, 2.24) is 4.98 Å². The molecule has 3 rings (SSSR count). The van der Waals surface area contributed by atoms with Crippen molar-refractivity contribution in [2.45, 2.75) is 44.9 Å². The van der Waals surface area contributed by atoms with E-state index < -0.39 is 0 Å². The molecule has 0 unspecified atom stereocenters. The average molecular weight is 256 g/mol. The molecular weight excluding hydrogens is 240 g/mol. The summed E-state index contributed by atoms with van der Waals surface area (Å²) < 4.78 is 1.17. The number of thiazole rings is 1. The highest BCUT2D eigenvalue weighted by Gasteiger charge is 2.19. The zero-order chi connectivity index (χ0) is 12.5. The second-order valence-corrected chi connectivity index (χ2v) is 6.20. The Morgan fingerprint density at radius 3 is 2.78 bits per heavy atom. The van der Waals surface area contributed by atoms with Crippen LogP contribution < -0.4 is 0 Å². The van der Waals surface area contributed by atoms with E-state index >= 15 is 0 Å². The Labute approximate surface area is 111 Å². The van der Waals surface area contributed by atoms with Gasteiger partial charge in [-0.3, -0.25) is 0 Å². The summed E-state index contributed by atoms with van der Waals surface area (Å²) in [6.07, 6.45) is 6.61. The number of aromatic nitrogens is 1. The normalized spacial score (nSPS) is 16.9. The van der Waals surface area contributed by atoms with Gasteiger partial charge in [0.1, 0.15) is 0 Å². The van der Waals surface area contributed by atoms with Crippen molar-refractivity contribution in [2.24, 2.45) is 0 Å². The Hall–Kier alpha value is -1.40. The maximum atomic E-state index is 9.01. The first-order valence-corrected chi connectivity index (χ1v) is 7.41. The summed E-state index contributed by atoms with van der Waals surface area (Å²) in [6, 6.07) is 6.14. The van der Waals surface area contributed by atoms with E-state index in [0.29, 0.717) is 5.92 Å². The molecule has 0 radical (unpaired) electrons. The molecule has 0 saturated heterocycles. The van der Waals surface area contributed by atoms with Gasteiger partial charge in [0.25, 0.3) is 0 Å². The highest BCUT2D eigenvalue weighted by Crippen LogP contribution is 2.37. The molecule has 0 bridgehead atoms. The van der Waals surface area contributed by atoms with Crippen LogP contribution in [0.4, 0.5) is 0 Å². The molecule has 18 heavy (non-hydrogen) atoms. The van der Waals surface area contributed by atoms with Gasteiger partial charge in [0.05, 0.1) is 26.9 Å². The minimum atomic E-state index is 0.654. The molecule has 1 saturated carbocycles. The van der Waals surface area contributed by atoms with Crippen LogP contribution in [0.1, 0.15) is 54.2 Å². The van der Waals surface area contributed by atoms with Crippen molar-refractivity contribution in [2.75, 3.05) is 0 Å². The summed E-state index contributed by atoms with van der Waals surface area (Å²) in [5.41, 5.74) is 2.97. The fourth-order valence-electron chi connectivity index (χ4n) is 2.80. The third-order valence-electron chi connectivity index (χ3n) is 3.79. The predicted molar refractivity (Wildman–Crippen MR) is 74.9 cm³/mol. The van der Waals surface area contributed by atoms with E-state index in [1.165, 1.54) is 41.8 Å². The quantitative estimate of drug-likeness (QED) is 0.752. The Morgan fingerprint density at radius 2 is 2.06 bits per heavy atom. The van der Waals surface area contributed by atoms with Crippen molar-refractivity contribution in [1.29, 1.82) is 5.26 Å². The molecule has 1 aromatic carbocycles. The third kappa shape index (κ3) is 2.02. The van der Waals surface area contributed by atoms with Gasteiger partial charge in [0.15, 0.2) is 0 Å². The van der Waals surface area contributed by atoms with Crippen LogP contribution in [-0.2, 0) is 0 Å². The number of nitrogens with zero attached hydrogens (tertiary/aromatic N) is 2. The lowest BCUT2D eigenvalue weighted by Crippen LogP contribution is -2.03. The maximum absolute atomic E-state index is 9.01. The van der Waals surface area contributed by atoms with E-state index in [-0.39, 0.29) is 0 Å². The van der Waals surface area contributed by atoms with Crippen LogP contribution in [0.5, 0.6) is 0 Å². The van der Waals surface area contributed by atoms with E-state index in [1.54, 1.807) is 11.3 Å². The van der Waals surface area contributed by atoms with Crippen LogP contribution in [-0.4, -0.2) is 4.98 Å². The van der Waals surface area contributed by atoms with E-state index in [0.717, 1.165) is 16.6 Å². The first-order valence-electron chi connectivity index (χ1n) is 6.59. The van der Waals surface area contributed by atoms with Gasteiger partial charge in [-0.05, 0) is 37.5 Å². The molecule has 92 valence electrons. The van der Waals surface area contributed by atoms with E-state index in [2.05, 4.69) is 6.07 Å². The molecule has 2 aromatic rings. The minimum absolute atomic E-state index is 0.654. The molecular formula is C15H16N2S. The topological polar surface area (TPSA) is 36.7 Å². The molecule has 0 N–H and O–H groups in total. The molecule has 0 amide bonds. The van der Waals surface area contributed by atoms with Gasteiger partial charge < -0.3 is 0 Å². The monoisotopic (exact) mass is 256 g/mol. The fraction of sp³-hybridized carbons (Fsp3) is 0.467. The van der Waals surface area contributed by atoms with E-state index in [1.807, 2.05) is 19.1 Å². The minimum Gasteiger partial charge on any atom is -0.241 e. The largest absolute Gasteiger partial charge is 0.241 e. The molecule has 1 aromatic heterocycles. The summed E-state index contributed by atoms with van der Waals surface area (Å²) in [4.78, 5) is 4.82. The van der Waals surface area contributed by atoms with Crippen molar-refractivity contribution < 1.29 is 0 Å². The Balaban J connectivity index is 2.05. The van der Waals surface area contributed by atoms with Gasteiger partial charge >= 0.3 is 0 Å². The molecule has 0 aliphatic heterocycles. The molecule has 1 fully saturated rings. The number of aryl methyl sites for hydroxylation is 1. The van der Waals surface area contributed by atoms with Crippen molar-refractivity contribution in [3.05, 3.63) is 28.3 Å². The molecule has 0 atom stereocenters. The number of rotatable bonds is 1. The zero-order valence-corrected chi connectivity index (χ0v) is 11.4. The summed E-state index contributed by atoms with van der Waals surface area (Å²) in [5, 5.41) is 10.3. The lowest BCUT2D eigenvalue weighted by molar-refractivity contribution is 0.443. The summed E-state index contributed by atoms with van der Waals surface area (Å²) in [6.45, 7) is 2.05. The van der Waals surface area contributed by atoms with Crippen molar-refractivity contribution in [3.63, 3.8) is 0 Å². The Bertz CT molecular complexity index is 615. The highest BCUT2D eigenvalue weighted by molar-refractivity contribution is 7.18. The van der Waals surface area contributed by atoms with Gasteiger partial charge in [-0.15, -0.1) is 11.3 Å². The number of hydrogen-bond acceptors (Lipinski definition) is 3. The third-order valence-corrected chi connectivity index (χ3v) is 4.95. The Morgan fingerprint density at radius 1 is 1.28 bits per heavy atom. The second kappa shape index (κ2) is 4.70.